The van der Waals surface area contributed by atoms with Crippen LogP contribution in [0.5, 0.6) is 0 Å². The predicted molar refractivity (Wildman–Crippen MR) is 58.0 cm³/mol. The third kappa shape index (κ3) is 3.65. The van der Waals surface area contributed by atoms with Gasteiger partial charge in [0.1, 0.15) is 0 Å². The van der Waals surface area contributed by atoms with E-state index in [1.54, 1.807) is 0 Å². The largest absolute Gasteiger partial charge is 0.313 e. The average molecular weight is 195 g/mol. The van der Waals surface area contributed by atoms with E-state index in [0.29, 0.717) is 18.5 Å². The Morgan fingerprint density at radius 1 is 1.43 bits per heavy atom. The van der Waals surface area contributed by atoms with E-state index < -0.39 is 0 Å². The molecule has 0 amide bonds. The highest BCUT2D eigenvalue weighted by Crippen LogP contribution is 2.12. The van der Waals surface area contributed by atoms with Crippen molar-refractivity contribution in [2.45, 2.75) is 45.2 Å². The molecule has 0 saturated carbocycles. The molecule has 3 nitrogen and oxygen atoms in total. The number of piperidine rings is 1. The first-order chi connectivity index (χ1) is 6.74. The van der Waals surface area contributed by atoms with Crippen molar-refractivity contribution >= 4 is 0 Å². The summed E-state index contributed by atoms with van der Waals surface area (Å²) < 4.78 is 0. The van der Waals surface area contributed by atoms with E-state index in [-0.39, 0.29) is 0 Å². The monoisotopic (exact) mass is 195 g/mol. The van der Waals surface area contributed by atoms with Gasteiger partial charge in [0.05, 0.1) is 6.07 Å². The van der Waals surface area contributed by atoms with Crippen LogP contribution in [0.15, 0.2) is 0 Å². The molecule has 3 heteroatoms. The lowest BCUT2D eigenvalue weighted by atomic mass is 10.0. The molecule has 1 aliphatic heterocycles. The van der Waals surface area contributed by atoms with Gasteiger partial charge >= 0.3 is 0 Å². The molecule has 0 atom stereocenters. The Kier molecular flexibility index (Phi) is 4.92. The van der Waals surface area contributed by atoms with Crippen molar-refractivity contribution in [1.82, 2.24) is 10.2 Å². The van der Waals surface area contributed by atoms with E-state index in [9.17, 15) is 0 Å². The minimum Gasteiger partial charge on any atom is -0.313 e. The predicted octanol–water partition coefficient (Wildman–Crippen LogP) is 1.36. The van der Waals surface area contributed by atoms with Gasteiger partial charge in [0.15, 0.2) is 0 Å². The van der Waals surface area contributed by atoms with E-state index in [0.717, 1.165) is 6.54 Å². The van der Waals surface area contributed by atoms with Gasteiger partial charge in [0.2, 0.25) is 0 Å². The molecule has 1 fully saturated rings. The number of nitriles is 1. The molecule has 0 unspecified atom stereocenters. The van der Waals surface area contributed by atoms with Crippen molar-refractivity contribution in [3.05, 3.63) is 0 Å². The van der Waals surface area contributed by atoms with Gasteiger partial charge in [-0.3, -0.25) is 0 Å². The summed E-state index contributed by atoms with van der Waals surface area (Å²) in [4.78, 5) is 2.52. The first-order valence-corrected chi connectivity index (χ1v) is 5.58. The fourth-order valence-corrected chi connectivity index (χ4v) is 1.95. The fourth-order valence-electron chi connectivity index (χ4n) is 1.95. The minimum atomic E-state index is 0.629. The Labute approximate surface area is 87.1 Å². The maximum absolute atomic E-state index is 8.41. The molecule has 0 radical (unpaired) electrons. The molecule has 1 heterocycles. The van der Waals surface area contributed by atoms with E-state index in [4.69, 9.17) is 5.26 Å². The zero-order chi connectivity index (χ0) is 10.4. The van der Waals surface area contributed by atoms with E-state index in [2.05, 4.69) is 30.1 Å². The summed E-state index contributed by atoms with van der Waals surface area (Å²) in [5.41, 5.74) is 0. The summed E-state index contributed by atoms with van der Waals surface area (Å²) in [5, 5.41) is 11.8. The highest BCUT2D eigenvalue weighted by molar-refractivity contribution is 4.80. The molecule has 0 aromatic carbocycles. The van der Waals surface area contributed by atoms with Crippen molar-refractivity contribution in [3.63, 3.8) is 0 Å². The smallest absolute Gasteiger partial charge is 0.0635 e. The summed E-state index contributed by atoms with van der Waals surface area (Å²) in [7, 11) is 0. The summed E-state index contributed by atoms with van der Waals surface area (Å²) in [5.74, 6) is 0. The molecule has 0 bridgehead atoms. The second kappa shape index (κ2) is 6.00. The molecule has 0 aliphatic carbocycles. The quantitative estimate of drug-likeness (QED) is 0.688. The van der Waals surface area contributed by atoms with E-state index >= 15 is 0 Å². The first kappa shape index (κ1) is 11.5. The molecular weight excluding hydrogens is 174 g/mol. The van der Waals surface area contributed by atoms with Crippen LogP contribution in [0.3, 0.4) is 0 Å². The van der Waals surface area contributed by atoms with Gasteiger partial charge in [-0.05, 0) is 39.8 Å². The molecule has 0 spiro atoms. The van der Waals surface area contributed by atoms with Crippen molar-refractivity contribution in [3.8, 4) is 6.07 Å². The van der Waals surface area contributed by atoms with Crippen LogP contribution in [0.25, 0.3) is 0 Å². The molecule has 1 N–H and O–H groups in total. The molecule has 0 aromatic rings. The zero-order valence-corrected chi connectivity index (χ0v) is 9.29. The molecule has 0 aromatic heterocycles. The van der Waals surface area contributed by atoms with Crippen molar-refractivity contribution in [1.29, 1.82) is 5.26 Å². The van der Waals surface area contributed by atoms with Gasteiger partial charge in [-0.25, -0.2) is 0 Å². The van der Waals surface area contributed by atoms with Crippen molar-refractivity contribution in [2.75, 3.05) is 19.6 Å². The summed E-state index contributed by atoms with van der Waals surface area (Å²) in [6.07, 6.45) is 3.08. The third-order valence-electron chi connectivity index (χ3n) is 2.93. The highest BCUT2D eigenvalue weighted by Gasteiger charge is 2.19. The van der Waals surface area contributed by atoms with Crippen molar-refractivity contribution < 1.29 is 0 Å². The summed E-state index contributed by atoms with van der Waals surface area (Å²) >= 11 is 0. The summed E-state index contributed by atoms with van der Waals surface area (Å²) in [6.45, 7) is 7.75. The minimum absolute atomic E-state index is 0.629. The Morgan fingerprint density at radius 3 is 2.57 bits per heavy atom. The maximum atomic E-state index is 8.41. The molecule has 1 aliphatic rings. The number of rotatable bonds is 4. The average Bonchev–Trinajstić information content (AvgIpc) is 2.19. The van der Waals surface area contributed by atoms with Gasteiger partial charge < -0.3 is 10.2 Å². The standard InChI is InChI=1S/C11H21N3/c1-10(2)14-8-4-11(5-9-14)13-7-3-6-12/h10-11,13H,3-5,7-9H2,1-2H3. The van der Waals surface area contributed by atoms with E-state index in [1.807, 2.05) is 0 Å². The molecule has 1 rings (SSSR count). The number of hydrogen-bond acceptors (Lipinski definition) is 3. The molecule has 14 heavy (non-hydrogen) atoms. The van der Waals surface area contributed by atoms with Crippen LogP contribution >= 0.6 is 0 Å². The normalized spacial score (nSPS) is 19.9. The molecule has 1 saturated heterocycles. The second-order valence-electron chi connectivity index (χ2n) is 4.27. The first-order valence-electron chi connectivity index (χ1n) is 5.58. The Balaban J connectivity index is 2.13. The molecule has 80 valence electrons. The third-order valence-corrected chi connectivity index (χ3v) is 2.93. The summed E-state index contributed by atoms with van der Waals surface area (Å²) in [6, 6.07) is 3.47. The van der Waals surface area contributed by atoms with Crippen LogP contribution in [0.1, 0.15) is 33.1 Å². The fraction of sp³-hybridized carbons (Fsp3) is 0.909. The SMILES string of the molecule is CC(C)N1CCC(NCCC#N)CC1. The van der Waals surface area contributed by atoms with Gasteiger partial charge in [-0.2, -0.15) is 5.26 Å². The Morgan fingerprint density at radius 2 is 2.07 bits per heavy atom. The lowest BCUT2D eigenvalue weighted by Gasteiger charge is -2.34. The van der Waals surface area contributed by atoms with Crippen LogP contribution in [0, 0.1) is 11.3 Å². The molecular formula is C11H21N3. The van der Waals surface area contributed by atoms with Crippen LogP contribution in [-0.2, 0) is 0 Å². The lowest BCUT2D eigenvalue weighted by molar-refractivity contribution is 0.162. The second-order valence-corrected chi connectivity index (χ2v) is 4.27. The van der Waals surface area contributed by atoms with Crippen LogP contribution in [0.2, 0.25) is 0 Å². The van der Waals surface area contributed by atoms with Gasteiger partial charge in [0, 0.05) is 25.0 Å². The Bertz CT molecular complexity index is 187. The van der Waals surface area contributed by atoms with Gasteiger partial charge in [-0.1, -0.05) is 0 Å². The maximum Gasteiger partial charge on any atom is 0.0635 e. The Hall–Kier alpha value is -0.590. The van der Waals surface area contributed by atoms with Crippen molar-refractivity contribution in [2.24, 2.45) is 0 Å². The highest BCUT2D eigenvalue weighted by atomic mass is 15.2. The topological polar surface area (TPSA) is 39.1 Å². The lowest BCUT2D eigenvalue weighted by Crippen LogP contribution is -2.45. The van der Waals surface area contributed by atoms with E-state index in [1.165, 1.54) is 25.9 Å². The van der Waals surface area contributed by atoms with Crippen LogP contribution in [-0.4, -0.2) is 36.6 Å². The van der Waals surface area contributed by atoms with Crippen LogP contribution in [0.4, 0.5) is 0 Å². The van der Waals surface area contributed by atoms with Crippen LogP contribution < -0.4 is 5.32 Å². The van der Waals surface area contributed by atoms with Gasteiger partial charge in [0.25, 0.3) is 0 Å². The number of nitrogens with one attached hydrogen (secondary N) is 1. The number of nitrogens with zero attached hydrogens (tertiary/aromatic N) is 2. The number of likely N-dealkylation sites (tertiary alicyclic amines) is 1. The van der Waals surface area contributed by atoms with Gasteiger partial charge in [-0.15, -0.1) is 0 Å². The zero-order valence-electron chi connectivity index (χ0n) is 9.29. The number of hydrogen-bond donors (Lipinski definition) is 1.